The Morgan fingerprint density at radius 2 is 1.85 bits per heavy atom. The number of amides is 3. The predicted molar refractivity (Wildman–Crippen MR) is 155 cm³/mol. The molecule has 0 atom stereocenters. The van der Waals surface area contributed by atoms with Crippen LogP contribution in [0.3, 0.4) is 0 Å². The zero-order valence-electron chi connectivity index (χ0n) is 22.2. The van der Waals surface area contributed by atoms with Crippen LogP contribution in [0.2, 0.25) is 5.02 Å². The van der Waals surface area contributed by atoms with Gasteiger partial charge in [0.2, 0.25) is 0 Å². The number of ether oxygens (including phenoxy) is 2. The molecule has 3 amide bonds. The number of thioether (sulfide) groups is 1. The molecule has 3 aromatic rings. The minimum Gasteiger partial charge on any atom is -0.490 e. The zero-order chi connectivity index (χ0) is 28.8. The molecule has 7 nitrogen and oxygen atoms in total. The molecule has 1 heterocycles. The first-order valence-corrected chi connectivity index (χ1v) is 13.8. The minimum absolute atomic E-state index is 0.0677. The van der Waals surface area contributed by atoms with E-state index in [4.69, 9.17) is 21.1 Å². The summed E-state index contributed by atoms with van der Waals surface area (Å²) in [5.41, 5.74) is 2.84. The number of benzene rings is 3. The van der Waals surface area contributed by atoms with E-state index in [2.05, 4.69) is 19.2 Å². The minimum atomic E-state index is -0.502. The summed E-state index contributed by atoms with van der Waals surface area (Å²) in [6.45, 7) is 5.98. The second-order valence-corrected chi connectivity index (χ2v) is 10.6. The number of nitrogens with one attached hydrogen (secondary N) is 1. The van der Waals surface area contributed by atoms with Crippen molar-refractivity contribution in [3.05, 3.63) is 93.1 Å². The molecular weight excluding hydrogens is 555 g/mol. The normalized spacial score (nSPS) is 14.2. The van der Waals surface area contributed by atoms with Crippen LogP contribution >= 0.6 is 23.4 Å². The summed E-state index contributed by atoms with van der Waals surface area (Å²) in [5.74, 6) is -0.287. The van der Waals surface area contributed by atoms with Crippen molar-refractivity contribution in [2.45, 2.75) is 33.2 Å². The van der Waals surface area contributed by atoms with Crippen LogP contribution in [-0.2, 0) is 16.1 Å². The fourth-order valence-electron chi connectivity index (χ4n) is 4.05. The number of imide groups is 1. The molecule has 1 fully saturated rings. The lowest BCUT2D eigenvalue weighted by molar-refractivity contribution is -0.123. The van der Waals surface area contributed by atoms with Gasteiger partial charge in [-0.3, -0.25) is 19.3 Å². The number of halogens is 2. The summed E-state index contributed by atoms with van der Waals surface area (Å²) in [5, 5.41) is 2.58. The summed E-state index contributed by atoms with van der Waals surface area (Å²) >= 11 is 6.88. The van der Waals surface area contributed by atoms with Crippen LogP contribution in [-0.4, -0.2) is 35.2 Å². The number of anilines is 1. The molecule has 0 saturated carbocycles. The Kier molecular flexibility index (Phi) is 9.50. The van der Waals surface area contributed by atoms with Crippen molar-refractivity contribution < 1.29 is 28.2 Å². The topological polar surface area (TPSA) is 84.9 Å². The Bertz CT molecular complexity index is 1480. The molecule has 1 aliphatic heterocycles. The van der Waals surface area contributed by atoms with E-state index in [1.54, 1.807) is 24.3 Å². The van der Waals surface area contributed by atoms with Gasteiger partial charge in [0, 0.05) is 10.7 Å². The molecule has 1 N–H and O–H groups in total. The number of carbonyl (C=O) groups excluding carboxylic acids is 3. The first-order chi connectivity index (χ1) is 19.2. The highest BCUT2D eigenvalue weighted by Crippen LogP contribution is 2.36. The van der Waals surface area contributed by atoms with Gasteiger partial charge in [0.15, 0.2) is 18.1 Å². The first kappa shape index (κ1) is 29.2. The Labute approximate surface area is 241 Å². The van der Waals surface area contributed by atoms with Gasteiger partial charge >= 0.3 is 0 Å². The lowest BCUT2D eigenvalue weighted by Gasteiger charge is -2.15. The standard InChI is InChI=1S/C30H28ClFN2O5S/c1-4-38-26-13-19(9-12-25(26)39-17-28(35)33-24-8-6-5-7-22(24)18(2)3)14-27-29(36)34(30(37)40-27)16-20-10-11-21(32)15-23(20)31/h5-15,18H,4,16-17H2,1-3H3,(H,33,35)/b27-14+. The predicted octanol–water partition coefficient (Wildman–Crippen LogP) is 7.26. The lowest BCUT2D eigenvalue weighted by atomic mass is 10.0. The van der Waals surface area contributed by atoms with Crippen molar-refractivity contribution in [3.63, 3.8) is 0 Å². The molecule has 0 radical (unpaired) electrons. The third kappa shape index (κ3) is 7.03. The summed E-state index contributed by atoms with van der Waals surface area (Å²) in [4.78, 5) is 39.4. The fraction of sp³-hybridized carbons (Fsp3) is 0.233. The van der Waals surface area contributed by atoms with Crippen LogP contribution in [0.4, 0.5) is 14.9 Å². The van der Waals surface area contributed by atoms with Crippen LogP contribution in [0.15, 0.2) is 65.6 Å². The van der Waals surface area contributed by atoms with E-state index >= 15 is 0 Å². The van der Waals surface area contributed by atoms with Crippen LogP contribution in [0.5, 0.6) is 11.5 Å². The molecule has 4 rings (SSSR count). The zero-order valence-corrected chi connectivity index (χ0v) is 23.8. The molecule has 0 aliphatic carbocycles. The van der Waals surface area contributed by atoms with Crippen molar-refractivity contribution >= 4 is 52.2 Å². The third-order valence-electron chi connectivity index (χ3n) is 6.00. The largest absolute Gasteiger partial charge is 0.490 e. The van der Waals surface area contributed by atoms with E-state index in [9.17, 15) is 18.8 Å². The number of hydrogen-bond donors (Lipinski definition) is 1. The highest BCUT2D eigenvalue weighted by Gasteiger charge is 2.35. The van der Waals surface area contributed by atoms with Gasteiger partial charge < -0.3 is 14.8 Å². The lowest BCUT2D eigenvalue weighted by Crippen LogP contribution is -2.27. The van der Waals surface area contributed by atoms with E-state index in [1.807, 2.05) is 31.2 Å². The van der Waals surface area contributed by atoms with Gasteiger partial charge in [0.1, 0.15) is 5.82 Å². The SMILES string of the molecule is CCOc1cc(/C=C2/SC(=O)N(Cc3ccc(F)cc3Cl)C2=O)ccc1OCC(=O)Nc1ccccc1C(C)C. The smallest absolute Gasteiger partial charge is 0.293 e. The average Bonchev–Trinajstić information content (AvgIpc) is 3.17. The Balaban J connectivity index is 1.45. The summed E-state index contributed by atoms with van der Waals surface area (Å²) in [7, 11) is 0. The van der Waals surface area contributed by atoms with Crippen molar-refractivity contribution in [1.82, 2.24) is 4.90 Å². The monoisotopic (exact) mass is 582 g/mol. The Hall–Kier alpha value is -3.82. The van der Waals surface area contributed by atoms with Crippen LogP contribution < -0.4 is 14.8 Å². The quantitative estimate of drug-likeness (QED) is 0.253. The first-order valence-electron chi connectivity index (χ1n) is 12.6. The van der Waals surface area contributed by atoms with Crippen LogP contribution in [0.25, 0.3) is 6.08 Å². The van der Waals surface area contributed by atoms with Gasteiger partial charge in [0.05, 0.1) is 18.1 Å². The maximum absolute atomic E-state index is 13.4. The maximum atomic E-state index is 13.4. The van der Waals surface area contributed by atoms with Crippen LogP contribution in [0, 0.1) is 5.82 Å². The van der Waals surface area contributed by atoms with Gasteiger partial charge in [-0.1, -0.05) is 55.8 Å². The molecule has 10 heteroatoms. The van der Waals surface area contributed by atoms with E-state index in [-0.39, 0.29) is 34.9 Å². The molecule has 0 aromatic heterocycles. The van der Waals surface area contributed by atoms with Gasteiger partial charge in [0.25, 0.3) is 17.1 Å². The average molecular weight is 583 g/mol. The maximum Gasteiger partial charge on any atom is 0.293 e. The van der Waals surface area contributed by atoms with Crippen molar-refractivity contribution in [2.24, 2.45) is 0 Å². The highest BCUT2D eigenvalue weighted by atomic mass is 35.5. The number of para-hydroxylation sites is 1. The molecule has 0 spiro atoms. The highest BCUT2D eigenvalue weighted by molar-refractivity contribution is 8.18. The molecule has 1 aliphatic rings. The Morgan fingerprint density at radius 1 is 1.07 bits per heavy atom. The van der Waals surface area contributed by atoms with Crippen LogP contribution in [0.1, 0.15) is 43.4 Å². The molecule has 1 saturated heterocycles. The van der Waals surface area contributed by atoms with Gasteiger partial charge in [-0.2, -0.15) is 0 Å². The summed E-state index contributed by atoms with van der Waals surface area (Å²) < 4.78 is 24.8. The number of hydrogen-bond acceptors (Lipinski definition) is 6. The molecule has 3 aromatic carbocycles. The molecular formula is C30H28ClFN2O5S. The summed E-state index contributed by atoms with van der Waals surface area (Å²) in [6.07, 6.45) is 1.58. The fourth-order valence-corrected chi connectivity index (χ4v) is 5.12. The van der Waals surface area contributed by atoms with E-state index in [1.165, 1.54) is 12.1 Å². The van der Waals surface area contributed by atoms with Crippen molar-refractivity contribution in [3.8, 4) is 11.5 Å². The van der Waals surface area contributed by atoms with Crippen molar-refractivity contribution in [2.75, 3.05) is 18.5 Å². The second kappa shape index (κ2) is 13.0. The number of carbonyl (C=O) groups is 3. The number of rotatable bonds is 10. The number of nitrogens with zero attached hydrogens (tertiary/aromatic N) is 1. The Morgan fingerprint density at radius 3 is 2.58 bits per heavy atom. The van der Waals surface area contributed by atoms with Gasteiger partial charge in [-0.25, -0.2) is 4.39 Å². The van der Waals surface area contributed by atoms with Crippen molar-refractivity contribution in [1.29, 1.82) is 0 Å². The molecule has 0 bridgehead atoms. The molecule has 0 unspecified atom stereocenters. The third-order valence-corrected chi connectivity index (χ3v) is 7.26. The van der Waals surface area contributed by atoms with E-state index in [0.717, 1.165) is 34.0 Å². The van der Waals surface area contributed by atoms with E-state index in [0.29, 0.717) is 29.2 Å². The molecule has 40 heavy (non-hydrogen) atoms. The van der Waals surface area contributed by atoms with E-state index < -0.39 is 17.0 Å². The van der Waals surface area contributed by atoms with Gasteiger partial charge in [-0.15, -0.1) is 0 Å². The summed E-state index contributed by atoms with van der Waals surface area (Å²) in [6, 6.07) is 16.4. The second-order valence-electron chi connectivity index (χ2n) is 9.22. The molecule has 208 valence electrons. The van der Waals surface area contributed by atoms with Gasteiger partial charge in [-0.05, 0) is 77.7 Å².